The molecule has 0 bridgehead atoms. The summed E-state index contributed by atoms with van der Waals surface area (Å²) in [7, 11) is 0. The highest BCUT2D eigenvalue weighted by atomic mass is 79.9. The number of aryl methyl sites for hydroxylation is 1. The number of nitrogen functional groups attached to an aromatic ring is 1. The Bertz CT molecular complexity index is 659. The molecular weight excluding hydrogens is 324 g/mol. The van der Waals surface area contributed by atoms with Crippen molar-refractivity contribution < 1.29 is 9.66 Å². The van der Waals surface area contributed by atoms with Gasteiger partial charge >= 0.3 is 0 Å². The van der Waals surface area contributed by atoms with E-state index in [9.17, 15) is 10.1 Å². The Kier molecular flexibility index (Phi) is 4.24. The molecule has 5 nitrogen and oxygen atoms in total. The van der Waals surface area contributed by atoms with Gasteiger partial charge in [0, 0.05) is 10.5 Å². The Hall–Kier alpha value is -2.08. The average Bonchev–Trinajstić information content (AvgIpc) is 2.39. The Labute approximate surface area is 124 Å². The summed E-state index contributed by atoms with van der Waals surface area (Å²) in [6.45, 7) is 2.26. The third kappa shape index (κ3) is 3.27. The standard InChI is InChI=1S/C14H13BrN2O3/c1-9-2-4-11(15)7-14(9)20-8-10-3-5-13(17(18)19)12(16)6-10/h2-7H,8,16H2,1H3. The molecule has 0 fully saturated rings. The van der Waals surface area contributed by atoms with Crippen molar-refractivity contribution in [2.75, 3.05) is 5.73 Å². The van der Waals surface area contributed by atoms with Crippen LogP contribution in [0.2, 0.25) is 0 Å². The fourth-order valence-corrected chi connectivity index (χ4v) is 2.09. The molecule has 20 heavy (non-hydrogen) atoms. The van der Waals surface area contributed by atoms with Crippen molar-refractivity contribution in [3.8, 4) is 5.75 Å². The van der Waals surface area contributed by atoms with Crippen LogP contribution >= 0.6 is 15.9 Å². The first-order valence-electron chi connectivity index (χ1n) is 5.89. The minimum atomic E-state index is -0.502. The van der Waals surface area contributed by atoms with Crippen molar-refractivity contribution in [2.45, 2.75) is 13.5 Å². The van der Waals surface area contributed by atoms with E-state index in [4.69, 9.17) is 10.5 Å². The summed E-state index contributed by atoms with van der Waals surface area (Å²) in [5.74, 6) is 0.760. The molecule has 6 heteroatoms. The molecule has 0 atom stereocenters. The normalized spacial score (nSPS) is 10.3. The number of nitrogens with two attached hydrogens (primary N) is 1. The maximum absolute atomic E-state index is 10.7. The molecule has 0 spiro atoms. The van der Waals surface area contributed by atoms with E-state index in [-0.39, 0.29) is 11.4 Å². The van der Waals surface area contributed by atoms with Crippen LogP contribution in [0.25, 0.3) is 0 Å². The van der Waals surface area contributed by atoms with Gasteiger partial charge in [0.2, 0.25) is 0 Å². The van der Waals surface area contributed by atoms with Crippen LogP contribution in [-0.2, 0) is 6.61 Å². The first-order chi connectivity index (χ1) is 9.47. The Balaban J connectivity index is 2.13. The van der Waals surface area contributed by atoms with Gasteiger partial charge in [-0.1, -0.05) is 22.0 Å². The highest BCUT2D eigenvalue weighted by molar-refractivity contribution is 9.10. The van der Waals surface area contributed by atoms with Gasteiger partial charge in [0.1, 0.15) is 18.0 Å². The van der Waals surface area contributed by atoms with E-state index in [0.717, 1.165) is 21.3 Å². The minimum absolute atomic E-state index is 0.0904. The fraction of sp³-hybridized carbons (Fsp3) is 0.143. The van der Waals surface area contributed by atoms with Gasteiger partial charge < -0.3 is 10.5 Å². The van der Waals surface area contributed by atoms with Crippen LogP contribution < -0.4 is 10.5 Å². The molecule has 0 aliphatic carbocycles. The predicted molar refractivity (Wildman–Crippen MR) is 80.7 cm³/mol. The van der Waals surface area contributed by atoms with Gasteiger partial charge in [-0.25, -0.2) is 0 Å². The maximum atomic E-state index is 10.7. The lowest BCUT2D eigenvalue weighted by Gasteiger charge is -2.10. The van der Waals surface area contributed by atoms with Gasteiger partial charge in [-0.2, -0.15) is 0 Å². The smallest absolute Gasteiger partial charge is 0.292 e. The molecule has 0 aliphatic heterocycles. The van der Waals surface area contributed by atoms with Gasteiger partial charge in [0.05, 0.1) is 4.92 Å². The number of benzene rings is 2. The summed E-state index contributed by atoms with van der Waals surface area (Å²) in [5, 5.41) is 10.7. The molecule has 2 aromatic rings. The first-order valence-corrected chi connectivity index (χ1v) is 6.68. The van der Waals surface area contributed by atoms with E-state index in [1.165, 1.54) is 6.07 Å². The highest BCUT2D eigenvalue weighted by Crippen LogP contribution is 2.26. The molecule has 0 saturated carbocycles. The number of hydrogen-bond donors (Lipinski definition) is 1. The summed E-state index contributed by atoms with van der Waals surface area (Å²) in [4.78, 5) is 10.2. The van der Waals surface area contributed by atoms with Crippen molar-refractivity contribution in [3.05, 3.63) is 62.1 Å². The second-order valence-corrected chi connectivity index (χ2v) is 5.26. The van der Waals surface area contributed by atoms with Gasteiger partial charge in [0.25, 0.3) is 5.69 Å². The van der Waals surface area contributed by atoms with E-state index in [0.29, 0.717) is 6.61 Å². The second-order valence-electron chi connectivity index (χ2n) is 4.35. The average molecular weight is 337 g/mol. The molecular formula is C14H13BrN2O3. The zero-order valence-electron chi connectivity index (χ0n) is 10.8. The van der Waals surface area contributed by atoms with Crippen LogP contribution in [0.3, 0.4) is 0 Å². The summed E-state index contributed by atoms with van der Waals surface area (Å²) in [6.07, 6.45) is 0. The quantitative estimate of drug-likeness (QED) is 0.522. The van der Waals surface area contributed by atoms with E-state index in [1.807, 2.05) is 25.1 Å². The van der Waals surface area contributed by atoms with Crippen molar-refractivity contribution in [1.29, 1.82) is 0 Å². The molecule has 0 aromatic heterocycles. The van der Waals surface area contributed by atoms with E-state index >= 15 is 0 Å². The number of halogens is 1. The lowest BCUT2D eigenvalue weighted by Crippen LogP contribution is -2.00. The maximum Gasteiger partial charge on any atom is 0.292 e. The van der Waals surface area contributed by atoms with Gasteiger partial charge in [-0.05, 0) is 42.3 Å². The van der Waals surface area contributed by atoms with Crippen molar-refractivity contribution in [2.24, 2.45) is 0 Å². The van der Waals surface area contributed by atoms with Crippen LogP contribution in [0.15, 0.2) is 40.9 Å². The van der Waals surface area contributed by atoms with Crippen LogP contribution in [0, 0.1) is 17.0 Å². The number of nitrogens with zero attached hydrogens (tertiary/aromatic N) is 1. The molecule has 104 valence electrons. The Morgan fingerprint density at radius 3 is 2.70 bits per heavy atom. The fourth-order valence-electron chi connectivity index (χ4n) is 1.75. The Morgan fingerprint density at radius 2 is 2.05 bits per heavy atom. The minimum Gasteiger partial charge on any atom is -0.489 e. The van der Waals surface area contributed by atoms with Gasteiger partial charge in [0.15, 0.2) is 0 Å². The van der Waals surface area contributed by atoms with Crippen molar-refractivity contribution >= 4 is 27.3 Å². The number of rotatable bonds is 4. The largest absolute Gasteiger partial charge is 0.489 e. The zero-order valence-corrected chi connectivity index (χ0v) is 12.4. The number of ether oxygens (including phenoxy) is 1. The molecule has 0 radical (unpaired) electrons. The van der Waals surface area contributed by atoms with Gasteiger partial charge in [-0.15, -0.1) is 0 Å². The number of anilines is 1. The molecule has 0 saturated heterocycles. The number of nitro benzene ring substituents is 1. The topological polar surface area (TPSA) is 78.4 Å². The predicted octanol–water partition coefficient (Wildman–Crippen LogP) is 3.83. The lowest BCUT2D eigenvalue weighted by atomic mass is 10.2. The summed E-state index contributed by atoms with van der Waals surface area (Å²) in [6, 6.07) is 10.4. The van der Waals surface area contributed by atoms with E-state index < -0.39 is 4.92 Å². The third-order valence-corrected chi connectivity index (χ3v) is 3.33. The van der Waals surface area contributed by atoms with E-state index in [1.54, 1.807) is 12.1 Å². The summed E-state index contributed by atoms with van der Waals surface area (Å²) in [5.41, 5.74) is 7.49. The SMILES string of the molecule is Cc1ccc(Br)cc1OCc1ccc([N+](=O)[O-])c(N)c1. The van der Waals surface area contributed by atoms with Gasteiger partial charge in [-0.3, -0.25) is 10.1 Å². The summed E-state index contributed by atoms with van der Waals surface area (Å²) < 4.78 is 6.64. The molecule has 0 unspecified atom stereocenters. The molecule has 2 N–H and O–H groups in total. The summed E-state index contributed by atoms with van der Waals surface area (Å²) >= 11 is 3.38. The lowest BCUT2D eigenvalue weighted by molar-refractivity contribution is -0.383. The number of nitro groups is 1. The van der Waals surface area contributed by atoms with Crippen LogP contribution in [0.1, 0.15) is 11.1 Å². The molecule has 0 aliphatic rings. The number of hydrogen-bond acceptors (Lipinski definition) is 4. The van der Waals surface area contributed by atoms with Crippen LogP contribution in [0.5, 0.6) is 5.75 Å². The monoisotopic (exact) mass is 336 g/mol. The third-order valence-electron chi connectivity index (χ3n) is 2.83. The van der Waals surface area contributed by atoms with Crippen molar-refractivity contribution in [1.82, 2.24) is 0 Å². The van der Waals surface area contributed by atoms with Crippen molar-refractivity contribution in [3.63, 3.8) is 0 Å². The molecule has 0 amide bonds. The molecule has 2 rings (SSSR count). The molecule has 0 heterocycles. The molecule has 2 aromatic carbocycles. The first kappa shape index (κ1) is 14.3. The van der Waals surface area contributed by atoms with Crippen LogP contribution in [0.4, 0.5) is 11.4 Å². The second kappa shape index (κ2) is 5.92. The zero-order chi connectivity index (χ0) is 14.7. The highest BCUT2D eigenvalue weighted by Gasteiger charge is 2.11. The Morgan fingerprint density at radius 1 is 1.30 bits per heavy atom. The van der Waals surface area contributed by atoms with E-state index in [2.05, 4.69) is 15.9 Å². The van der Waals surface area contributed by atoms with Crippen LogP contribution in [-0.4, -0.2) is 4.92 Å².